The fraction of sp³-hybridized carbons (Fsp3) is 0.353. The van der Waals surface area contributed by atoms with Gasteiger partial charge in [-0.1, -0.05) is 0 Å². The van der Waals surface area contributed by atoms with Crippen LogP contribution in [0.25, 0.3) is 0 Å². The minimum absolute atomic E-state index is 0.0329. The van der Waals surface area contributed by atoms with Crippen LogP contribution in [0.5, 0.6) is 0 Å². The summed E-state index contributed by atoms with van der Waals surface area (Å²) in [5.74, 6) is -5.56. The first-order valence-corrected chi connectivity index (χ1v) is 7.86. The molecule has 0 fully saturated rings. The summed E-state index contributed by atoms with van der Waals surface area (Å²) in [4.78, 5) is 3.91. The van der Waals surface area contributed by atoms with Gasteiger partial charge in [-0.2, -0.15) is 0 Å². The molecule has 0 saturated heterocycles. The lowest BCUT2D eigenvalue weighted by molar-refractivity contribution is 0.0386. The lowest BCUT2D eigenvalue weighted by Crippen LogP contribution is -2.44. The third-order valence-electron chi connectivity index (χ3n) is 3.59. The highest BCUT2D eigenvalue weighted by Gasteiger charge is 2.26. The molecule has 5 nitrogen and oxygen atoms in total. The molecule has 0 amide bonds. The van der Waals surface area contributed by atoms with Gasteiger partial charge in [0.2, 0.25) is 0 Å². The Hall–Kier alpha value is -2.55. The molecule has 0 saturated carbocycles. The van der Waals surface area contributed by atoms with Crippen molar-refractivity contribution in [1.82, 2.24) is 10.6 Å². The smallest absolute Gasteiger partial charge is 0.191 e. The number of rotatable bonds is 6. The normalized spacial score (nSPS) is 14.2. The average molecular weight is 373 g/mol. The zero-order chi connectivity index (χ0) is 19.3. The van der Waals surface area contributed by atoms with Crippen molar-refractivity contribution in [1.29, 1.82) is 0 Å². The number of benzene rings is 1. The van der Waals surface area contributed by atoms with Gasteiger partial charge in [-0.25, -0.2) is 22.6 Å². The number of aliphatic hydroxyl groups is 1. The molecule has 0 bridgehead atoms. The van der Waals surface area contributed by atoms with Gasteiger partial charge in [0.05, 0.1) is 24.9 Å². The molecule has 1 heterocycles. The summed E-state index contributed by atoms with van der Waals surface area (Å²) in [6.07, 6.45) is 1.41. The Kier molecular flexibility index (Phi) is 6.25. The molecule has 1 unspecified atom stereocenters. The van der Waals surface area contributed by atoms with Crippen LogP contribution in [0.2, 0.25) is 0 Å². The molecule has 1 aromatic carbocycles. The molecule has 0 aliphatic heterocycles. The van der Waals surface area contributed by atoms with E-state index in [-0.39, 0.29) is 18.6 Å². The minimum Gasteiger partial charge on any atom is -0.466 e. The largest absolute Gasteiger partial charge is 0.466 e. The first kappa shape index (κ1) is 19.8. The van der Waals surface area contributed by atoms with Gasteiger partial charge >= 0.3 is 0 Å². The fourth-order valence-electron chi connectivity index (χ4n) is 2.19. The molecule has 0 aliphatic carbocycles. The number of nitrogens with zero attached hydrogens (tertiary/aromatic N) is 1. The van der Waals surface area contributed by atoms with Gasteiger partial charge in [0.15, 0.2) is 29.2 Å². The van der Waals surface area contributed by atoms with Gasteiger partial charge in [0.25, 0.3) is 0 Å². The summed E-state index contributed by atoms with van der Waals surface area (Å²) in [7, 11) is 0. The number of aliphatic imine (C=N–C) groups is 1. The second-order valence-corrected chi connectivity index (χ2v) is 5.75. The van der Waals surface area contributed by atoms with Crippen molar-refractivity contribution >= 4 is 5.96 Å². The molecule has 0 aliphatic rings. The Labute approximate surface area is 147 Å². The summed E-state index contributed by atoms with van der Waals surface area (Å²) in [6, 6.07) is 3.35. The maximum atomic E-state index is 13.7. The van der Waals surface area contributed by atoms with Crippen molar-refractivity contribution in [2.75, 3.05) is 13.1 Å². The van der Waals surface area contributed by atoms with E-state index in [1.54, 1.807) is 19.1 Å². The van der Waals surface area contributed by atoms with Crippen molar-refractivity contribution in [3.8, 4) is 0 Å². The van der Waals surface area contributed by atoms with E-state index in [0.29, 0.717) is 12.3 Å². The van der Waals surface area contributed by atoms with Crippen LogP contribution in [0.1, 0.15) is 25.2 Å². The number of hydrogen-bond donors (Lipinski definition) is 3. The SMILES string of the molecule is CCNC(=NCc1c(F)c(F)cc(F)c1F)NCC(C)(O)c1ccco1. The second kappa shape index (κ2) is 8.22. The van der Waals surface area contributed by atoms with Gasteiger partial charge in [0.1, 0.15) is 11.4 Å². The summed E-state index contributed by atoms with van der Waals surface area (Å²) in [5, 5.41) is 16.0. The Morgan fingerprint density at radius 1 is 1.19 bits per heavy atom. The summed E-state index contributed by atoms with van der Waals surface area (Å²) in [6.45, 7) is 3.01. The lowest BCUT2D eigenvalue weighted by atomic mass is 10.0. The van der Waals surface area contributed by atoms with Crippen LogP contribution in [-0.2, 0) is 12.1 Å². The van der Waals surface area contributed by atoms with Crippen LogP contribution in [0.3, 0.4) is 0 Å². The third kappa shape index (κ3) is 4.54. The minimum atomic E-state index is -1.49. The summed E-state index contributed by atoms with van der Waals surface area (Å²) >= 11 is 0. The van der Waals surface area contributed by atoms with Crippen LogP contribution in [0.15, 0.2) is 33.9 Å². The van der Waals surface area contributed by atoms with E-state index in [9.17, 15) is 22.7 Å². The first-order chi connectivity index (χ1) is 12.3. The summed E-state index contributed by atoms with van der Waals surface area (Å²) < 4.78 is 59.0. The van der Waals surface area contributed by atoms with E-state index in [2.05, 4.69) is 15.6 Å². The van der Waals surface area contributed by atoms with Gasteiger partial charge in [-0.3, -0.25) is 0 Å². The predicted octanol–water partition coefficient (Wildman–Crippen LogP) is 2.80. The highest BCUT2D eigenvalue weighted by atomic mass is 19.2. The highest BCUT2D eigenvalue weighted by Crippen LogP contribution is 2.21. The van der Waals surface area contributed by atoms with E-state index in [0.717, 1.165) is 0 Å². The van der Waals surface area contributed by atoms with Crippen molar-refractivity contribution in [3.05, 3.63) is 59.1 Å². The van der Waals surface area contributed by atoms with E-state index >= 15 is 0 Å². The topological polar surface area (TPSA) is 69.8 Å². The summed E-state index contributed by atoms with van der Waals surface area (Å²) in [5.41, 5.74) is -2.20. The predicted molar refractivity (Wildman–Crippen MR) is 87.4 cm³/mol. The van der Waals surface area contributed by atoms with Crippen molar-refractivity contribution in [3.63, 3.8) is 0 Å². The van der Waals surface area contributed by atoms with Crippen molar-refractivity contribution < 1.29 is 27.1 Å². The number of nitrogens with one attached hydrogen (secondary N) is 2. The van der Waals surface area contributed by atoms with Gasteiger partial charge < -0.3 is 20.2 Å². The average Bonchev–Trinajstić information content (AvgIpc) is 3.13. The fourth-order valence-corrected chi connectivity index (χ4v) is 2.19. The van der Waals surface area contributed by atoms with Crippen molar-refractivity contribution in [2.45, 2.75) is 26.0 Å². The molecule has 26 heavy (non-hydrogen) atoms. The molecule has 2 rings (SSSR count). The Bertz CT molecular complexity index is 751. The molecule has 2 aromatic rings. The zero-order valence-electron chi connectivity index (χ0n) is 14.2. The molecule has 9 heteroatoms. The molecule has 142 valence electrons. The van der Waals surface area contributed by atoms with E-state index in [1.807, 2.05) is 0 Å². The number of hydrogen-bond acceptors (Lipinski definition) is 3. The van der Waals surface area contributed by atoms with E-state index in [4.69, 9.17) is 4.42 Å². The third-order valence-corrected chi connectivity index (χ3v) is 3.59. The Morgan fingerprint density at radius 2 is 1.85 bits per heavy atom. The molecule has 3 N–H and O–H groups in total. The zero-order valence-corrected chi connectivity index (χ0v) is 14.2. The molecular formula is C17H19F4N3O2. The maximum Gasteiger partial charge on any atom is 0.191 e. The van der Waals surface area contributed by atoms with Gasteiger partial charge in [0, 0.05) is 12.6 Å². The number of halogens is 4. The van der Waals surface area contributed by atoms with Gasteiger partial charge in [-0.05, 0) is 26.0 Å². The lowest BCUT2D eigenvalue weighted by Gasteiger charge is -2.22. The first-order valence-electron chi connectivity index (χ1n) is 7.86. The van der Waals surface area contributed by atoms with Crippen LogP contribution in [0.4, 0.5) is 17.6 Å². The molecule has 0 spiro atoms. The molecule has 0 radical (unpaired) electrons. The Morgan fingerprint density at radius 3 is 2.38 bits per heavy atom. The van der Waals surface area contributed by atoms with Crippen LogP contribution >= 0.6 is 0 Å². The highest BCUT2D eigenvalue weighted by molar-refractivity contribution is 5.79. The van der Waals surface area contributed by atoms with Crippen LogP contribution in [-0.4, -0.2) is 24.2 Å². The Balaban J connectivity index is 2.15. The monoisotopic (exact) mass is 373 g/mol. The van der Waals surface area contributed by atoms with Crippen LogP contribution in [0, 0.1) is 23.3 Å². The van der Waals surface area contributed by atoms with E-state index in [1.165, 1.54) is 13.2 Å². The van der Waals surface area contributed by atoms with Crippen molar-refractivity contribution in [2.24, 2.45) is 4.99 Å². The standard InChI is InChI=1S/C17H19F4N3O2/c1-3-22-16(24-9-17(2,25)13-5-4-6-26-13)23-8-10-14(20)11(18)7-12(19)15(10)21/h4-7,25H,3,8-9H2,1-2H3,(H2,22,23,24). The van der Waals surface area contributed by atoms with Gasteiger partial charge in [-0.15, -0.1) is 0 Å². The number of furan rings is 1. The van der Waals surface area contributed by atoms with E-state index < -0.39 is 41.0 Å². The second-order valence-electron chi connectivity index (χ2n) is 5.75. The maximum absolute atomic E-state index is 13.7. The molecule has 1 atom stereocenters. The van der Waals surface area contributed by atoms with Crippen LogP contribution < -0.4 is 10.6 Å². The quantitative estimate of drug-likeness (QED) is 0.315. The molecule has 1 aromatic heterocycles. The molecular weight excluding hydrogens is 354 g/mol. The number of guanidine groups is 1.